The lowest BCUT2D eigenvalue weighted by atomic mass is 10.00. The number of hydrogen-bond donors (Lipinski definition) is 1. The molecule has 1 N–H and O–H groups in total. The van der Waals surface area contributed by atoms with Gasteiger partial charge < -0.3 is 15.1 Å². The standard InChI is InChI=1S/C18H30N6O/c1-16-4-10-24(11-5-16)18(25)21-8-3-9-22-12-14-23(15-13-22)17-19-6-2-7-20-17/h2,6-7,16H,3-5,8-15H2,1H3,(H,21,25). The van der Waals surface area contributed by atoms with Gasteiger partial charge in [-0.15, -0.1) is 0 Å². The van der Waals surface area contributed by atoms with Gasteiger partial charge in [0, 0.05) is 58.2 Å². The Labute approximate surface area is 150 Å². The summed E-state index contributed by atoms with van der Waals surface area (Å²) in [6, 6.07) is 1.95. The fraction of sp³-hybridized carbons (Fsp3) is 0.722. The molecule has 0 aliphatic carbocycles. The number of amides is 2. The van der Waals surface area contributed by atoms with Crippen molar-refractivity contribution < 1.29 is 4.79 Å². The molecule has 3 rings (SSSR count). The average Bonchev–Trinajstić information content (AvgIpc) is 2.67. The molecular weight excluding hydrogens is 316 g/mol. The highest BCUT2D eigenvalue weighted by molar-refractivity contribution is 5.74. The summed E-state index contributed by atoms with van der Waals surface area (Å²) in [5.41, 5.74) is 0. The lowest BCUT2D eigenvalue weighted by Gasteiger charge is -2.34. The molecule has 0 unspecified atom stereocenters. The average molecular weight is 346 g/mol. The van der Waals surface area contributed by atoms with Crippen LogP contribution in [0.15, 0.2) is 18.5 Å². The van der Waals surface area contributed by atoms with Crippen molar-refractivity contribution in [1.29, 1.82) is 0 Å². The van der Waals surface area contributed by atoms with E-state index in [1.807, 2.05) is 11.0 Å². The molecule has 2 aliphatic rings. The molecule has 0 aromatic carbocycles. The van der Waals surface area contributed by atoms with Crippen molar-refractivity contribution in [2.75, 3.05) is 57.3 Å². The van der Waals surface area contributed by atoms with Crippen molar-refractivity contribution in [3.05, 3.63) is 18.5 Å². The van der Waals surface area contributed by atoms with Crippen LogP contribution in [0.5, 0.6) is 0 Å². The van der Waals surface area contributed by atoms with Gasteiger partial charge in [0.2, 0.25) is 5.95 Å². The van der Waals surface area contributed by atoms with E-state index in [1.54, 1.807) is 12.4 Å². The monoisotopic (exact) mass is 346 g/mol. The molecule has 2 fully saturated rings. The van der Waals surface area contributed by atoms with E-state index in [2.05, 4.69) is 32.0 Å². The lowest BCUT2D eigenvalue weighted by molar-refractivity contribution is 0.173. The van der Waals surface area contributed by atoms with E-state index in [4.69, 9.17) is 0 Å². The Morgan fingerprint density at radius 1 is 1.12 bits per heavy atom. The normalized spacial score (nSPS) is 19.9. The first kappa shape index (κ1) is 17.9. The number of carbonyl (C=O) groups excluding carboxylic acids is 1. The molecular formula is C18H30N6O. The molecule has 138 valence electrons. The Morgan fingerprint density at radius 2 is 1.80 bits per heavy atom. The van der Waals surface area contributed by atoms with Gasteiger partial charge in [-0.05, 0) is 37.8 Å². The number of likely N-dealkylation sites (tertiary alicyclic amines) is 1. The van der Waals surface area contributed by atoms with Crippen LogP contribution in [0.4, 0.5) is 10.7 Å². The van der Waals surface area contributed by atoms with E-state index in [-0.39, 0.29) is 6.03 Å². The summed E-state index contributed by atoms with van der Waals surface area (Å²) in [7, 11) is 0. The van der Waals surface area contributed by atoms with Crippen LogP contribution in [-0.2, 0) is 0 Å². The third-order valence-electron chi connectivity index (χ3n) is 5.21. The minimum absolute atomic E-state index is 0.109. The molecule has 25 heavy (non-hydrogen) atoms. The molecule has 0 bridgehead atoms. The molecule has 7 heteroatoms. The maximum atomic E-state index is 12.1. The van der Waals surface area contributed by atoms with Crippen molar-refractivity contribution in [3.8, 4) is 0 Å². The first-order valence-corrected chi connectivity index (χ1v) is 9.49. The zero-order valence-corrected chi connectivity index (χ0v) is 15.2. The van der Waals surface area contributed by atoms with E-state index >= 15 is 0 Å². The van der Waals surface area contributed by atoms with Crippen molar-refractivity contribution in [2.45, 2.75) is 26.2 Å². The molecule has 2 amide bonds. The highest BCUT2D eigenvalue weighted by Gasteiger charge is 2.20. The molecule has 3 heterocycles. The number of piperazine rings is 1. The van der Waals surface area contributed by atoms with Gasteiger partial charge in [0.25, 0.3) is 0 Å². The molecule has 1 aromatic heterocycles. The summed E-state index contributed by atoms with van der Waals surface area (Å²) in [5.74, 6) is 1.58. The summed E-state index contributed by atoms with van der Waals surface area (Å²) in [5, 5.41) is 3.07. The van der Waals surface area contributed by atoms with Crippen LogP contribution < -0.4 is 10.2 Å². The van der Waals surface area contributed by atoms with Crippen LogP contribution in [-0.4, -0.2) is 78.2 Å². The highest BCUT2D eigenvalue weighted by Crippen LogP contribution is 2.15. The minimum atomic E-state index is 0.109. The predicted molar refractivity (Wildman–Crippen MR) is 98.7 cm³/mol. The van der Waals surface area contributed by atoms with E-state index in [0.29, 0.717) is 0 Å². The summed E-state index contributed by atoms with van der Waals surface area (Å²) in [6.45, 7) is 9.82. The van der Waals surface area contributed by atoms with Gasteiger partial charge in [-0.2, -0.15) is 0 Å². The van der Waals surface area contributed by atoms with Gasteiger partial charge in [-0.25, -0.2) is 14.8 Å². The van der Waals surface area contributed by atoms with Crippen LogP contribution in [0, 0.1) is 5.92 Å². The minimum Gasteiger partial charge on any atom is -0.338 e. The predicted octanol–water partition coefficient (Wildman–Crippen LogP) is 1.43. The molecule has 0 radical (unpaired) electrons. The van der Waals surface area contributed by atoms with Crippen LogP contribution in [0.2, 0.25) is 0 Å². The number of urea groups is 1. The molecule has 7 nitrogen and oxygen atoms in total. The molecule has 1 aromatic rings. The van der Waals surface area contributed by atoms with Gasteiger partial charge in [-0.3, -0.25) is 4.90 Å². The number of piperidine rings is 1. The van der Waals surface area contributed by atoms with Gasteiger partial charge in [0.1, 0.15) is 0 Å². The zero-order valence-electron chi connectivity index (χ0n) is 15.2. The third-order valence-corrected chi connectivity index (χ3v) is 5.21. The Hall–Kier alpha value is -1.89. The molecule has 2 saturated heterocycles. The number of nitrogens with one attached hydrogen (secondary N) is 1. The van der Waals surface area contributed by atoms with Crippen LogP contribution in [0.3, 0.4) is 0 Å². The van der Waals surface area contributed by atoms with Gasteiger partial charge in [0.05, 0.1) is 0 Å². The fourth-order valence-electron chi connectivity index (χ4n) is 3.45. The van der Waals surface area contributed by atoms with E-state index in [1.165, 1.54) is 0 Å². The second-order valence-electron chi connectivity index (χ2n) is 7.13. The lowest BCUT2D eigenvalue weighted by Crippen LogP contribution is -2.48. The fourth-order valence-corrected chi connectivity index (χ4v) is 3.45. The van der Waals surface area contributed by atoms with E-state index in [9.17, 15) is 4.79 Å². The van der Waals surface area contributed by atoms with Crippen molar-refractivity contribution >= 4 is 12.0 Å². The summed E-state index contributed by atoms with van der Waals surface area (Å²) in [4.78, 5) is 27.4. The Bertz CT molecular complexity index is 524. The van der Waals surface area contributed by atoms with Crippen LogP contribution >= 0.6 is 0 Å². The first-order valence-electron chi connectivity index (χ1n) is 9.49. The second kappa shape index (κ2) is 8.99. The molecule has 0 spiro atoms. The molecule has 0 saturated carbocycles. The van der Waals surface area contributed by atoms with Gasteiger partial charge in [-0.1, -0.05) is 6.92 Å². The van der Waals surface area contributed by atoms with Crippen molar-refractivity contribution in [2.24, 2.45) is 5.92 Å². The van der Waals surface area contributed by atoms with Crippen LogP contribution in [0.25, 0.3) is 0 Å². The quantitative estimate of drug-likeness (QED) is 0.817. The molecule has 2 aliphatic heterocycles. The Morgan fingerprint density at radius 3 is 2.48 bits per heavy atom. The zero-order chi connectivity index (χ0) is 17.5. The van der Waals surface area contributed by atoms with E-state index in [0.717, 1.165) is 83.5 Å². The SMILES string of the molecule is CC1CCN(C(=O)NCCCN2CCN(c3ncccn3)CC2)CC1. The van der Waals surface area contributed by atoms with Gasteiger partial charge >= 0.3 is 6.03 Å². The number of anilines is 1. The largest absolute Gasteiger partial charge is 0.338 e. The van der Waals surface area contributed by atoms with E-state index < -0.39 is 0 Å². The first-order chi connectivity index (χ1) is 12.2. The summed E-state index contributed by atoms with van der Waals surface area (Å²) < 4.78 is 0. The number of aromatic nitrogens is 2. The second-order valence-corrected chi connectivity index (χ2v) is 7.13. The smallest absolute Gasteiger partial charge is 0.317 e. The summed E-state index contributed by atoms with van der Waals surface area (Å²) in [6.07, 6.45) is 6.84. The topological polar surface area (TPSA) is 64.6 Å². The molecule has 0 atom stereocenters. The van der Waals surface area contributed by atoms with Crippen molar-refractivity contribution in [3.63, 3.8) is 0 Å². The Kier molecular flexibility index (Phi) is 6.44. The number of nitrogens with zero attached hydrogens (tertiary/aromatic N) is 5. The van der Waals surface area contributed by atoms with Crippen molar-refractivity contribution in [1.82, 2.24) is 25.1 Å². The van der Waals surface area contributed by atoms with Crippen LogP contribution in [0.1, 0.15) is 26.2 Å². The number of hydrogen-bond acceptors (Lipinski definition) is 5. The number of carbonyl (C=O) groups is 1. The third kappa shape index (κ3) is 5.29. The highest BCUT2D eigenvalue weighted by atomic mass is 16.2. The maximum absolute atomic E-state index is 12.1. The maximum Gasteiger partial charge on any atom is 0.317 e. The summed E-state index contributed by atoms with van der Waals surface area (Å²) >= 11 is 0. The van der Waals surface area contributed by atoms with Gasteiger partial charge in [0.15, 0.2) is 0 Å². The Balaban J connectivity index is 1.28. The number of rotatable bonds is 5.